The molecule has 5 nitrogen and oxygen atoms in total. The van der Waals surface area contributed by atoms with E-state index in [4.69, 9.17) is 4.74 Å². The first-order valence-electron chi connectivity index (χ1n) is 8.99. The Bertz CT molecular complexity index is 836. The highest BCUT2D eigenvalue weighted by Gasteiger charge is 2.35. The third-order valence-corrected chi connectivity index (χ3v) is 4.49. The number of hydrogen-bond acceptors (Lipinski definition) is 4. The van der Waals surface area contributed by atoms with Crippen molar-refractivity contribution in [2.45, 2.75) is 57.6 Å². The summed E-state index contributed by atoms with van der Waals surface area (Å²) in [5.41, 5.74) is 0.849. The molecule has 0 fully saturated rings. The van der Waals surface area contributed by atoms with Gasteiger partial charge in [-0.05, 0) is 51.7 Å². The van der Waals surface area contributed by atoms with Gasteiger partial charge in [0.15, 0.2) is 11.6 Å². The highest BCUT2D eigenvalue weighted by Crippen LogP contribution is 2.39. The molecule has 0 saturated carbocycles. The molecule has 1 amide bonds. The number of carbonyl (C=O) groups excluding carboxylic acids is 1. The Morgan fingerprint density at radius 2 is 1.96 bits per heavy atom. The number of halogens is 2. The lowest BCUT2D eigenvalue weighted by molar-refractivity contribution is 0.0493. The van der Waals surface area contributed by atoms with Gasteiger partial charge in [-0.15, -0.1) is 0 Å². The maximum Gasteiger partial charge on any atom is 0.408 e. The highest BCUT2D eigenvalue weighted by atomic mass is 19.2. The van der Waals surface area contributed by atoms with Crippen molar-refractivity contribution in [2.75, 3.05) is 0 Å². The molecular formula is C20H23F2N3O2. The van der Waals surface area contributed by atoms with Gasteiger partial charge in [0.05, 0.1) is 17.4 Å². The van der Waals surface area contributed by atoms with Crippen LogP contribution in [0.15, 0.2) is 30.6 Å². The second-order valence-electron chi connectivity index (χ2n) is 7.65. The Labute approximate surface area is 157 Å². The van der Waals surface area contributed by atoms with Crippen molar-refractivity contribution >= 4 is 6.09 Å². The molecular weight excluding hydrogens is 352 g/mol. The Balaban J connectivity index is 2.02. The maximum atomic E-state index is 14.5. The van der Waals surface area contributed by atoms with Crippen molar-refractivity contribution in [3.63, 3.8) is 0 Å². The minimum Gasteiger partial charge on any atom is -0.444 e. The van der Waals surface area contributed by atoms with Crippen LogP contribution in [0.5, 0.6) is 0 Å². The number of aromatic nitrogens is 2. The molecule has 3 rings (SSSR count). The number of hydrogen-bond donors (Lipinski definition) is 1. The topological polar surface area (TPSA) is 64.1 Å². The SMILES string of the molecule is CC(C)(C)OC(=O)NC1c2nccnc2CCCC1c1cccc(F)c1F. The number of nitrogens with zero attached hydrogens (tertiary/aromatic N) is 2. The summed E-state index contributed by atoms with van der Waals surface area (Å²) in [5, 5.41) is 2.81. The Morgan fingerprint density at radius 3 is 2.70 bits per heavy atom. The van der Waals surface area contributed by atoms with Gasteiger partial charge in [-0.1, -0.05) is 12.1 Å². The van der Waals surface area contributed by atoms with E-state index in [0.717, 1.165) is 18.2 Å². The quantitative estimate of drug-likeness (QED) is 0.788. The first kappa shape index (κ1) is 19.2. The Hall–Kier alpha value is -2.57. The lowest BCUT2D eigenvalue weighted by Crippen LogP contribution is -2.38. The summed E-state index contributed by atoms with van der Waals surface area (Å²) in [6, 6.07) is 3.44. The van der Waals surface area contributed by atoms with E-state index < -0.39 is 35.3 Å². The molecule has 7 heteroatoms. The van der Waals surface area contributed by atoms with Crippen LogP contribution in [-0.4, -0.2) is 21.7 Å². The van der Waals surface area contributed by atoms with Crippen molar-refractivity contribution in [3.8, 4) is 0 Å². The summed E-state index contributed by atoms with van der Waals surface area (Å²) in [4.78, 5) is 21.2. The molecule has 2 unspecified atom stereocenters. The third kappa shape index (κ3) is 4.40. The molecule has 2 atom stereocenters. The van der Waals surface area contributed by atoms with Crippen LogP contribution in [0, 0.1) is 11.6 Å². The molecule has 1 N–H and O–H groups in total. The van der Waals surface area contributed by atoms with Gasteiger partial charge in [-0.3, -0.25) is 9.97 Å². The highest BCUT2D eigenvalue weighted by molar-refractivity contribution is 5.68. The lowest BCUT2D eigenvalue weighted by atomic mass is 9.86. The van der Waals surface area contributed by atoms with E-state index in [0.29, 0.717) is 18.5 Å². The van der Waals surface area contributed by atoms with E-state index in [1.807, 2.05) is 0 Å². The lowest BCUT2D eigenvalue weighted by Gasteiger charge is -2.29. The number of alkyl carbamates (subject to hydrolysis) is 1. The summed E-state index contributed by atoms with van der Waals surface area (Å²) in [5.74, 6) is -2.29. The number of amides is 1. The van der Waals surface area contributed by atoms with E-state index >= 15 is 0 Å². The molecule has 1 aliphatic carbocycles. The molecule has 0 bridgehead atoms. The fraction of sp³-hybridized carbons (Fsp3) is 0.450. The third-order valence-electron chi connectivity index (χ3n) is 4.49. The molecule has 144 valence electrons. The largest absolute Gasteiger partial charge is 0.444 e. The monoisotopic (exact) mass is 375 g/mol. The fourth-order valence-electron chi connectivity index (χ4n) is 3.42. The minimum absolute atomic E-state index is 0.217. The van der Waals surface area contributed by atoms with E-state index in [9.17, 15) is 13.6 Å². The number of benzene rings is 1. The molecule has 1 aliphatic rings. The number of nitrogens with one attached hydrogen (secondary N) is 1. The van der Waals surface area contributed by atoms with Gasteiger partial charge in [0, 0.05) is 18.3 Å². The molecule has 1 aromatic heterocycles. The molecule has 0 radical (unpaired) electrons. The van der Waals surface area contributed by atoms with Crippen LogP contribution in [0.2, 0.25) is 0 Å². The van der Waals surface area contributed by atoms with Crippen molar-refractivity contribution in [2.24, 2.45) is 0 Å². The second-order valence-corrected chi connectivity index (χ2v) is 7.65. The smallest absolute Gasteiger partial charge is 0.408 e. The Morgan fingerprint density at radius 1 is 1.22 bits per heavy atom. The predicted octanol–water partition coefficient (Wildman–Crippen LogP) is 4.44. The van der Waals surface area contributed by atoms with E-state index in [1.165, 1.54) is 12.3 Å². The summed E-state index contributed by atoms with van der Waals surface area (Å²) >= 11 is 0. The average Bonchev–Trinajstić information content (AvgIpc) is 2.76. The van der Waals surface area contributed by atoms with Gasteiger partial charge >= 0.3 is 6.09 Å². The van der Waals surface area contributed by atoms with Crippen LogP contribution in [0.4, 0.5) is 13.6 Å². The van der Waals surface area contributed by atoms with E-state index in [2.05, 4.69) is 15.3 Å². The molecule has 27 heavy (non-hydrogen) atoms. The van der Waals surface area contributed by atoms with Crippen LogP contribution in [0.25, 0.3) is 0 Å². The van der Waals surface area contributed by atoms with E-state index in [1.54, 1.807) is 33.0 Å². The zero-order valence-corrected chi connectivity index (χ0v) is 15.6. The van der Waals surface area contributed by atoms with Crippen LogP contribution >= 0.6 is 0 Å². The van der Waals surface area contributed by atoms with Crippen molar-refractivity contribution < 1.29 is 18.3 Å². The second kappa shape index (κ2) is 7.58. The zero-order valence-electron chi connectivity index (χ0n) is 15.6. The first-order chi connectivity index (χ1) is 12.8. The van der Waals surface area contributed by atoms with Crippen LogP contribution in [0.1, 0.15) is 62.5 Å². The number of ether oxygens (including phenoxy) is 1. The number of carbonyl (C=O) groups is 1. The van der Waals surface area contributed by atoms with Gasteiger partial charge < -0.3 is 10.1 Å². The van der Waals surface area contributed by atoms with Gasteiger partial charge in [-0.2, -0.15) is 0 Å². The average molecular weight is 375 g/mol. The molecule has 1 heterocycles. The Kier molecular flexibility index (Phi) is 5.39. The van der Waals surface area contributed by atoms with Crippen LogP contribution < -0.4 is 5.32 Å². The van der Waals surface area contributed by atoms with Crippen molar-refractivity contribution in [1.82, 2.24) is 15.3 Å². The molecule has 0 spiro atoms. The summed E-state index contributed by atoms with van der Waals surface area (Å²) in [6.07, 6.45) is 4.42. The molecule has 2 aromatic rings. The number of rotatable bonds is 2. The first-order valence-corrected chi connectivity index (χ1v) is 8.99. The van der Waals surface area contributed by atoms with Gasteiger partial charge in [0.25, 0.3) is 0 Å². The van der Waals surface area contributed by atoms with Crippen LogP contribution in [0.3, 0.4) is 0 Å². The number of aryl methyl sites for hydroxylation is 1. The van der Waals surface area contributed by atoms with Crippen molar-refractivity contribution in [1.29, 1.82) is 0 Å². The minimum atomic E-state index is -0.910. The molecule has 0 aliphatic heterocycles. The molecule has 1 aromatic carbocycles. The number of fused-ring (bicyclic) bond motifs is 1. The van der Waals surface area contributed by atoms with Gasteiger partial charge in [0.2, 0.25) is 0 Å². The summed E-state index contributed by atoms with van der Waals surface area (Å²) in [7, 11) is 0. The predicted molar refractivity (Wildman–Crippen MR) is 96.2 cm³/mol. The normalized spacial score (nSPS) is 19.7. The van der Waals surface area contributed by atoms with Gasteiger partial charge in [-0.25, -0.2) is 13.6 Å². The zero-order chi connectivity index (χ0) is 19.6. The summed E-state index contributed by atoms with van der Waals surface area (Å²) in [6.45, 7) is 5.28. The standard InChI is InChI=1S/C20H23F2N3O2/c1-20(2,3)27-19(26)25-17-13(12-6-4-8-14(21)16(12)22)7-5-9-15-18(17)24-11-10-23-15/h4,6,8,10-11,13,17H,5,7,9H2,1-3H3,(H,25,26). The van der Waals surface area contributed by atoms with Crippen molar-refractivity contribution in [3.05, 3.63) is 59.2 Å². The van der Waals surface area contributed by atoms with Crippen LogP contribution in [-0.2, 0) is 11.2 Å². The maximum absolute atomic E-state index is 14.5. The summed E-state index contributed by atoms with van der Waals surface area (Å²) < 4.78 is 33.7. The molecule has 0 saturated heterocycles. The van der Waals surface area contributed by atoms with E-state index in [-0.39, 0.29) is 5.56 Å². The van der Waals surface area contributed by atoms with Gasteiger partial charge in [0.1, 0.15) is 5.60 Å². The fourth-order valence-corrected chi connectivity index (χ4v) is 3.42.